The minimum absolute atomic E-state index is 0.0917. The van der Waals surface area contributed by atoms with E-state index in [2.05, 4.69) is 5.32 Å². The highest BCUT2D eigenvalue weighted by molar-refractivity contribution is 6.36. The normalized spacial score (nSPS) is 17.5. The third-order valence-corrected chi connectivity index (χ3v) is 5.31. The quantitative estimate of drug-likeness (QED) is 0.753. The van der Waals surface area contributed by atoms with Gasteiger partial charge in [0.15, 0.2) is 0 Å². The van der Waals surface area contributed by atoms with E-state index in [9.17, 15) is 9.59 Å². The van der Waals surface area contributed by atoms with E-state index in [0.717, 1.165) is 18.4 Å². The number of hydrogen-bond acceptors (Lipinski definition) is 2. The summed E-state index contributed by atoms with van der Waals surface area (Å²) >= 11 is 18.0. The van der Waals surface area contributed by atoms with E-state index in [1.165, 1.54) is 6.07 Å². The molecule has 2 aromatic rings. The van der Waals surface area contributed by atoms with Gasteiger partial charge in [-0.25, -0.2) is 0 Å². The Labute approximate surface area is 173 Å². The zero-order valence-electron chi connectivity index (χ0n) is 14.6. The number of amides is 2. The first kappa shape index (κ1) is 20.0. The molecule has 27 heavy (non-hydrogen) atoms. The van der Waals surface area contributed by atoms with Crippen LogP contribution in [0.3, 0.4) is 0 Å². The molecule has 3 rings (SSSR count). The Hall–Kier alpha value is -1.75. The summed E-state index contributed by atoms with van der Waals surface area (Å²) in [5, 5.41) is 4.18. The van der Waals surface area contributed by atoms with E-state index >= 15 is 0 Å². The number of nitrogens with zero attached hydrogens (tertiary/aromatic N) is 1. The fraction of sp³-hybridized carbons (Fsp3) is 0.300. The second-order valence-corrected chi connectivity index (χ2v) is 7.82. The summed E-state index contributed by atoms with van der Waals surface area (Å²) in [5.41, 5.74) is 1.27. The van der Waals surface area contributed by atoms with E-state index in [1.54, 1.807) is 23.1 Å². The molecule has 0 aromatic heterocycles. The predicted octanol–water partition coefficient (Wildman–Crippen LogP) is 4.96. The van der Waals surface area contributed by atoms with Gasteiger partial charge in [0.1, 0.15) is 6.04 Å². The highest BCUT2D eigenvalue weighted by Crippen LogP contribution is 2.22. The number of carbonyl (C=O) groups is 2. The van der Waals surface area contributed by atoms with Gasteiger partial charge >= 0.3 is 0 Å². The van der Waals surface area contributed by atoms with Gasteiger partial charge in [0, 0.05) is 23.1 Å². The first-order chi connectivity index (χ1) is 12.9. The zero-order chi connectivity index (χ0) is 19.4. The van der Waals surface area contributed by atoms with Crippen molar-refractivity contribution in [1.82, 2.24) is 10.2 Å². The van der Waals surface area contributed by atoms with Crippen molar-refractivity contribution in [2.45, 2.75) is 31.8 Å². The van der Waals surface area contributed by atoms with Crippen LogP contribution in [-0.2, 0) is 11.3 Å². The summed E-state index contributed by atoms with van der Waals surface area (Å²) in [6.07, 6.45) is 2.35. The molecular weight excluding hydrogens is 407 g/mol. The van der Waals surface area contributed by atoms with Gasteiger partial charge in [0.2, 0.25) is 5.91 Å². The molecule has 0 saturated carbocycles. The van der Waals surface area contributed by atoms with E-state index < -0.39 is 6.04 Å². The number of benzene rings is 2. The van der Waals surface area contributed by atoms with Gasteiger partial charge in [0.25, 0.3) is 5.91 Å². The summed E-state index contributed by atoms with van der Waals surface area (Å²) in [7, 11) is 0. The van der Waals surface area contributed by atoms with E-state index in [1.807, 2.05) is 18.2 Å². The minimum atomic E-state index is -0.578. The van der Waals surface area contributed by atoms with Gasteiger partial charge in [-0.3, -0.25) is 9.59 Å². The highest BCUT2D eigenvalue weighted by Gasteiger charge is 2.29. The molecule has 2 amide bonds. The maximum atomic E-state index is 13.0. The van der Waals surface area contributed by atoms with Crippen molar-refractivity contribution in [2.24, 2.45) is 0 Å². The van der Waals surface area contributed by atoms with Crippen molar-refractivity contribution in [2.75, 3.05) is 6.54 Å². The molecule has 1 N–H and O–H groups in total. The van der Waals surface area contributed by atoms with Crippen LogP contribution in [-0.4, -0.2) is 29.3 Å². The summed E-state index contributed by atoms with van der Waals surface area (Å²) in [5.74, 6) is -0.467. The number of carbonyl (C=O) groups excluding carboxylic acids is 2. The summed E-state index contributed by atoms with van der Waals surface area (Å²) < 4.78 is 0. The molecule has 0 bridgehead atoms. The molecule has 1 aliphatic rings. The average Bonchev–Trinajstić information content (AvgIpc) is 2.78. The SMILES string of the molecule is O=C(NC1CCCCN(Cc2cccc(Cl)c2)C1=O)c1ccc(Cl)cc1Cl. The predicted molar refractivity (Wildman–Crippen MR) is 108 cm³/mol. The van der Waals surface area contributed by atoms with Crippen LogP contribution in [0.4, 0.5) is 0 Å². The number of rotatable bonds is 4. The lowest BCUT2D eigenvalue weighted by Gasteiger charge is -2.25. The van der Waals surface area contributed by atoms with E-state index in [0.29, 0.717) is 35.1 Å². The average molecular weight is 426 g/mol. The fourth-order valence-electron chi connectivity index (χ4n) is 3.16. The molecule has 0 radical (unpaired) electrons. The molecule has 0 aliphatic carbocycles. The molecule has 1 fully saturated rings. The maximum Gasteiger partial charge on any atom is 0.253 e. The Kier molecular flexibility index (Phi) is 6.64. The number of nitrogens with one attached hydrogen (secondary N) is 1. The lowest BCUT2D eigenvalue weighted by Crippen LogP contribution is -2.47. The number of hydrogen-bond donors (Lipinski definition) is 1. The largest absolute Gasteiger partial charge is 0.340 e. The van der Waals surface area contributed by atoms with Crippen molar-refractivity contribution >= 4 is 46.6 Å². The Morgan fingerprint density at radius 2 is 1.85 bits per heavy atom. The Bertz CT molecular complexity index is 857. The molecule has 0 spiro atoms. The van der Waals surface area contributed by atoms with Crippen molar-refractivity contribution in [3.63, 3.8) is 0 Å². The molecule has 1 heterocycles. The van der Waals surface area contributed by atoms with Crippen LogP contribution in [0.5, 0.6) is 0 Å². The summed E-state index contributed by atoms with van der Waals surface area (Å²) in [6.45, 7) is 1.12. The standard InChI is InChI=1S/C20H19Cl3N2O2/c21-14-5-3-4-13(10-14)12-25-9-2-1-6-18(20(25)27)24-19(26)16-8-7-15(22)11-17(16)23/h3-5,7-8,10-11,18H,1-2,6,9,12H2,(H,24,26). The molecule has 2 aromatic carbocycles. The second kappa shape index (κ2) is 8.96. The monoisotopic (exact) mass is 424 g/mol. The Balaban J connectivity index is 1.72. The first-order valence-corrected chi connectivity index (χ1v) is 9.86. The lowest BCUT2D eigenvalue weighted by molar-refractivity contribution is -0.133. The molecule has 7 heteroatoms. The van der Waals surface area contributed by atoms with Gasteiger partial charge in [-0.15, -0.1) is 0 Å². The van der Waals surface area contributed by atoms with Gasteiger partial charge in [-0.2, -0.15) is 0 Å². The second-order valence-electron chi connectivity index (χ2n) is 6.54. The van der Waals surface area contributed by atoms with Gasteiger partial charge in [-0.05, 0) is 55.2 Å². The lowest BCUT2D eigenvalue weighted by atomic mass is 10.1. The molecule has 1 atom stereocenters. The van der Waals surface area contributed by atoms with E-state index in [-0.39, 0.29) is 16.8 Å². The summed E-state index contributed by atoms with van der Waals surface area (Å²) in [6, 6.07) is 11.5. The topological polar surface area (TPSA) is 49.4 Å². The molecule has 1 aliphatic heterocycles. The molecule has 1 unspecified atom stereocenters. The van der Waals surface area contributed by atoms with Crippen LogP contribution in [0.15, 0.2) is 42.5 Å². The van der Waals surface area contributed by atoms with Crippen LogP contribution >= 0.6 is 34.8 Å². The van der Waals surface area contributed by atoms with Gasteiger partial charge in [-0.1, -0.05) is 46.9 Å². The number of halogens is 3. The maximum absolute atomic E-state index is 13.0. The van der Waals surface area contributed by atoms with Crippen molar-refractivity contribution in [1.29, 1.82) is 0 Å². The third-order valence-electron chi connectivity index (χ3n) is 4.52. The smallest absolute Gasteiger partial charge is 0.253 e. The highest BCUT2D eigenvalue weighted by atomic mass is 35.5. The molecular formula is C20H19Cl3N2O2. The van der Waals surface area contributed by atoms with Crippen LogP contribution < -0.4 is 5.32 Å². The van der Waals surface area contributed by atoms with Crippen molar-refractivity contribution < 1.29 is 9.59 Å². The Morgan fingerprint density at radius 3 is 2.59 bits per heavy atom. The Morgan fingerprint density at radius 1 is 1.07 bits per heavy atom. The zero-order valence-corrected chi connectivity index (χ0v) is 16.8. The molecule has 4 nitrogen and oxygen atoms in total. The van der Waals surface area contributed by atoms with Crippen molar-refractivity contribution in [3.05, 3.63) is 68.7 Å². The molecule has 142 valence electrons. The molecule has 1 saturated heterocycles. The van der Waals surface area contributed by atoms with Crippen LogP contribution in [0, 0.1) is 0 Å². The van der Waals surface area contributed by atoms with E-state index in [4.69, 9.17) is 34.8 Å². The summed E-state index contributed by atoms with van der Waals surface area (Å²) in [4.78, 5) is 27.3. The van der Waals surface area contributed by atoms with Crippen LogP contribution in [0.1, 0.15) is 35.2 Å². The number of likely N-dealkylation sites (tertiary alicyclic amines) is 1. The third kappa shape index (κ3) is 5.16. The van der Waals surface area contributed by atoms with Gasteiger partial charge in [0.05, 0.1) is 10.6 Å². The first-order valence-electron chi connectivity index (χ1n) is 8.73. The van der Waals surface area contributed by atoms with Crippen LogP contribution in [0.2, 0.25) is 15.1 Å². The van der Waals surface area contributed by atoms with Gasteiger partial charge < -0.3 is 10.2 Å². The van der Waals surface area contributed by atoms with Crippen LogP contribution in [0.25, 0.3) is 0 Å². The van der Waals surface area contributed by atoms with Crippen molar-refractivity contribution in [3.8, 4) is 0 Å². The fourth-order valence-corrected chi connectivity index (χ4v) is 3.87. The minimum Gasteiger partial charge on any atom is -0.340 e.